The van der Waals surface area contributed by atoms with Gasteiger partial charge >= 0.3 is 0 Å². The minimum absolute atomic E-state index is 0.619. The molecule has 0 amide bonds. The fourth-order valence-electron chi connectivity index (χ4n) is 1.91. The van der Waals surface area contributed by atoms with Crippen molar-refractivity contribution in [2.24, 2.45) is 0 Å². The van der Waals surface area contributed by atoms with Crippen LogP contribution < -0.4 is 0 Å². The highest BCUT2D eigenvalue weighted by atomic mass is 35.5. The van der Waals surface area contributed by atoms with E-state index in [9.17, 15) is 0 Å². The summed E-state index contributed by atoms with van der Waals surface area (Å²) >= 11 is 14.7. The smallest absolute Gasteiger partial charge is 0.191 e. The van der Waals surface area contributed by atoms with Gasteiger partial charge in [0.15, 0.2) is 11.0 Å². The van der Waals surface area contributed by atoms with Crippen LogP contribution in [-0.4, -0.2) is 24.4 Å². The van der Waals surface area contributed by atoms with E-state index in [2.05, 4.69) is 31.3 Å². The van der Waals surface area contributed by atoms with Gasteiger partial charge < -0.3 is 4.57 Å². The van der Waals surface area contributed by atoms with Crippen LogP contribution in [0.25, 0.3) is 11.4 Å². The van der Waals surface area contributed by atoms with E-state index >= 15 is 0 Å². The minimum Gasteiger partial charge on any atom is -0.302 e. The third-order valence-electron chi connectivity index (χ3n) is 2.98. The number of thioether (sulfide) groups is 1. The zero-order chi connectivity index (χ0) is 15.5. The highest BCUT2D eigenvalue weighted by Crippen LogP contribution is 2.29. The molecule has 9 heteroatoms. The Hall–Kier alpha value is -1.15. The first-order valence-electron chi connectivity index (χ1n) is 6.47. The summed E-state index contributed by atoms with van der Waals surface area (Å²) in [5.41, 5.74) is 1.76. The summed E-state index contributed by atoms with van der Waals surface area (Å²) in [7, 11) is 0. The second-order valence-electron chi connectivity index (χ2n) is 4.34. The van der Waals surface area contributed by atoms with Gasteiger partial charge in [-0.2, -0.15) is 0 Å². The van der Waals surface area contributed by atoms with Crippen LogP contribution in [0.2, 0.25) is 9.36 Å². The zero-order valence-electron chi connectivity index (χ0n) is 11.5. The second-order valence-corrected chi connectivity index (χ2v) is 7.07. The fourth-order valence-corrected chi connectivity index (χ4v) is 3.77. The number of hydrogen-bond donors (Lipinski definition) is 0. The molecule has 114 valence electrons. The molecule has 5 nitrogen and oxygen atoms in total. The fraction of sp³-hybridized carbons (Fsp3) is 0.231. The molecule has 0 saturated carbocycles. The van der Waals surface area contributed by atoms with Crippen molar-refractivity contribution in [3.8, 4) is 11.4 Å². The van der Waals surface area contributed by atoms with E-state index < -0.39 is 0 Å². The lowest BCUT2D eigenvalue weighted by molar-refractivity contribution is 0.687. The van der Waals surface area contributed by atoms with Gasteiger partial charge in [0.25, 0.3) is 0 Å². The quantitative estimate of drug-likeness (QED) is 0.621. The van der Waals surface area contributed by atoms with Gasteiger partial charge in [-0.3, -0.25) is 0 Å². The maximum Gasteiger partial charge on any atom is 0.191 e. The standard InChI is InChI=1S/C13H11Cl2N5S2/c1-2-20-12(8-3-5-9(14)6-4-8)17-18-13(20)21-7-10-11(15)22-19-16-10/h3-6H,2,7H2,1H3. The molecule has 0 atom stereocenters. The van der Waals surface area contributed by atoms with Gasteiger partial charge in [-0.25, -0.2) is 0 Å². The Balaban J connectivity index is 1.84. The summed E-state index contributed by atoms with van der Waals surface area (Å²) in [5.74, 6) is 1.44. The zero-order valence-corrected chi connectivity index (χ0v) is 14.7. The van der Waals surface area contributed by atoms with E-state index in [1.165, 1.54) is 11.5 Å². The molecule has 0 aliphatic rings. The number of aromatic nitrogens is 5. The third kappa shape index (κ3) is 3.27. The highest BCUT2D eigenvalue weighted by molar-refractivity contribution is 7.98. The topological polar surface area (TPSA) is 56.5 Å². The van der Waals surface area contributed by atoms with Crippen molar-refractivity contribution >= 4 is 46.5 Å². The molecule has 0 unspecified atom stereocenters. The largest absolute Gasteiger partial charge is 0.302 e. The SMILES string of the molecule is CCn1c(SCc2nnsc2Cl)nnc1-c1ccc(Cl)cc1. The number of benzene rings is 1. The van der Waals surface area contributed by atoms with Crippen LogP contribution in [0.1, 0.15) is 12.6 Å². The molecule has 0 bridgehead atoms. The maximum absolute atomic E-state index is 6.02. The van der Waals surface area contributed by atoms with Crippen molar-refractivity contribution in [1.29, 1.82) is 0 Å². The Morgan fingerprint density at radius 1 is 1.14 bits per heavy atom. The number of halogens is 2. The minimum atomic E-state index is 0.619. The highest BCUT2D eigenvalue weighted by Gasteiger charge is 2.14. The van der Waals surface area contributed by atoms with E-state index in [1.54, 1.807) is 11.8 Å². The summed E-state index contributed by atoms with van der Waals surface area (Å²) in [6.07, 6.45) is 0. The van der Waals surface area contributed by atoms with Gasteiger partial charge in [0, 0.05) is 34.4 Å². The molecule has 3 rings (SSSR count). The number of hydrogen-bond acceptors (Lipinski definition) is 6. The van der Waals surface area contributed by atoms with Crippen molar-refractivity contribution in [3.63, 3.8) is 0 Å². The predicted molar refractivity (Wildman–Crippen MR) is 90.6 cm³/mol. The predicted octanol–water partition coefficient (Wildman–Crippen LogP) is 4.42. The van der Waals surface area contributed by atoms with Crippen molar-refractivity contribution in [3.05, 3.63) is 39.3 Å². The molecule has 0 saturated heterocycles. The average Bonchev–Trinajstić information content (AvgIpc) is 3.11. The Bertz CT molecular complexity index is 769. The molecule has 1 aromatic carbocycles. The Kier molecular flexibility index (Phi) is 4.97. The molecule has 0 fully saturated rings. The summed E-state index contributed by atoms with van der Waals surface area (Å²) in [6.45, 7) is 2.83. The Labute approximate surface area is 145 Å². The molecular weight excluding hydrogens is 361 g/mol. The monoisotopic (exact) mass is 371 g/mol. The van der Waals surface area contributed by atoms with Crippen LogP contribution in [0.15, 0.2) is 29.4 Å². The van der Waals surface area contributed by atoms with Gasteiger partial charge in [0.1, 0.15) is 10.0 Å². The molecule has 0 aliphatic heterocycles. The average molecular weight is 372 g/mol. The van der Waals surface area contributed by atoms with Crippen LogP contribution >= 0.6 is 46.5 Å². The first kappa shape index (κ1) is 15.7. The molecule has 22 heavy (non-hydrogen) atoms. The molecule has 0 N–H and O–H groups in total. The van der Waals surface area contributed by atoms with Crippen LogP contribution in [0.5, 0.6) is 0 Å². The second kappa shape index (κ2) is 6.95. The van der Waals surface area contributed by atoms with E-state index in [-0.39, 0.29) is 0 Å². The van der Waals surface area contributed by atoms with E-state index in [1.807, 2.05) is 24.3 Å². The number of rotatable bonds is 5. The van der Waals surface area contributed by atoms with Gasteiger partial charge in [-0.05, 0) is 31.2 Å². The molecule has 3 aromatic rings. The van der Waals surface area contributed by atoms with Gasteiger partial charge in [0.05, 0.1) is 0 Å². The first-order valence-corrected chi connectivity index (χ1v) is 8.99. The molecule has 2 heterocycles. The molecule has 0 spiro atoms. The Morgan fingerprint density at radius 3 is 2.55 bits per heavy atom. The maximum atomic E-state index is 6.02. The van der Waals surface area contributed by atoms with Gasteiger partial charge in [-0.15, -0.1) is 15.3 Å². The summed E-state index contributed by atoms with van der Waals surface area (Å²) in [6, 6.07) is 7.57. The van der Waals surface area contributed by atoms with Crippen molar-refractivity contribution in [2.75, 3.05) is 0 Å². The lowest BCUT2D eigenvalue weighted by Crippen LogP contribution is -2.00. The summed E-state index contributed by atoms with van der Waals surface area (Å²) in [5, 5.41) is 14.1. The lowest BCUT2D eigenvalue weighted by Gasteiger charge is -2.06. The normalized spacial score (nSPS) is 11.0. The van der Waals surface area contributed by atoms with Crippen LogP contribution in [0.4, 0.5) is 0 Å². The Morgan fingerprint density at radius 2 is 1.91 bits per heavy atom. The van der Waals surface area contributed by atoms with Crippen molar-refractivity contribution in [2.45, 2.75) is 24.4 Å². The summed E-state index contributed by atoms with van der Waals surface area (Å²) < 4.78 is 6.50. The molecule has 2 aromatic heterocycles. The third-order valence-corrected chi connectivity index (χ3v) is 5.20. The van der Waals surface area contributed by atoms with Gasteiger partial charge in [-0.1, -0.05) is 39.5 Å². The molecule has 0 aliphatic carbocycles. The molecule has 0 radical (unpaired) electrons. The first-order chi connectivity index (χ1) is 10.7. The van der Waals surface area contributed by atoms with Crippen molar-refractivity contribution < 1.29 is 0 Å². The van der Waals surface area contributed by atoms with Crippen LogP contribution in [0, 0.1) is 0 Å². The van der Waals surface area contributed by atoms with Crippen LogP contribution in [0.3, 0.4) is 0 Å². The van der Waals surface area contributed by atoms with Crippen molar-refractivity contribution in [1.82, 2.24) is 24.4 Å². The van der Waals surface area contributed by atoms with Crippen LogP contribution in [-0.2, 0) is 12.3 Å². The molecular formula is C13H11Cl2N5S2. The van der Waals surface area contributed by atoms with E-state index in [0.717, 1.165) is 28.8 Å². The lowest BCUT2D eigenvalue weighted by atomic mass is 10.2. The summed E-state index contributed by atoms with van der Waals surface area (Å²) in [4.78, 5) is 0. The van der Waals surface area contributed by atoms with Gasteiger partial charge in [0.2, 0.25) is 0 Å². The van der Waals surface area contributed by atoms with E-state index in [0.29, 0.717) is 15.1 Å². The number of nitrogens with zero attached hydrogens (tertiary/aromatic N) is 5. The van der Waals surface area contributed by atoms with E-state index in [4.69, 9.17) is 23.2 Å².